The minimum atomic E-state index is -3.93. The number of hydrogen-bond acceptors (Lipinski definition) is 8. The first-order valence-electron chi connectivity index (χ1n) is 18.7. The van der Waals surface area contributed by atoms with E-state index in [9.17, 15) is 18.0 Å². The molecule has 2 fully saturated rings. The van der Waals surface area contributed by atoms with Crippen molar-refractivity contribution in [1.82, 2.24) is 9.62 Å². The van der Waals surface area contributed by atoms with Crippen LogP contribution in [0.15, 0.2) is 48.6 Å². The van der Waals surface area contributed by atoms with Crippen molar-refractivity contribution in [3.8, 4) is 5.75 Å². The van der Waals surface area contributed by atoms with E-state index in [1.54, 1.807) is 12.1 Å². The number of amides is 2. The number of nitrogens with one attached hydrogen (secondary N) is 1. The molecule has 2 bridgehead atoms. The van der Waals surface area contributed by atoms with Crippen LogP contribution in [-0.2, 0) is 36.1 Å². The van der Waals surface area contributed by atoms with Crippen molar-refractivity contribution in [2.75, 3.05) is 57.5 Å². The summed E-state index contributed by atoms with van der Waals surface area (Å²) in [4.78, 5) is 30.7. The molecule has 3 heterocycles. The molecule has 0 aromatic heterocycles. The lowest BCUT2D eigenvalue weighted by Gasteiger charge is -2.46. The lowest BCUT2D eigenvalue weighted by molar-refractivity contribution is -0.137. The lowest BCUT2D eigenvalue weighted by Crippen LogP contribution is -2.49. The smallest absolute Gasteiger partial charge is 0.264 e. The molecule has 10 nitrogen and oxygen atoms in total. The van der Waals surface area contributed by atoms with Gasteiger partial charge in [0.15, 0.2) is 0 Å². The summed E-state index contributed by atoms with van der Waals surface area (Å²) in [6.45, 7) is 6.40. The highest BCUT2D eigenvalue weighted by Gasteiger charge is 2.44. The second kappa shape index (κ2) is 15.5. The lowest BCUT2D eigenvalue weighted by atomic mass is 9.68. The van der Waals surface area contributed by atoms with Gasteiger partial charge in [0.2, 0.25) is 15.9 Å². The van der Waals surface area contributed by atoms with E-state index in [0.717, 1.165) is 49.4 Å². The van der Waals surface area contributed by atoms with Crippen LogP contribution < -0.4 is 14.4 Å². The van der Waals surface area contributed by atoms with Crippen LogP contribution in [0.5, 0.6) is 5.75 Å². The van der Waals surface area contributed by atoms with Crippen molar-refractivity contribution >= 4 is 39.1 Å². The number of fused-ring (bicyclic) bond motifs is 4. The van der Waals surface area contributed by atoms with Crippen molar-refractivity contribution in [2.45, 2.75) is 81.5 Å². The van der Waals surface area contributed by atoms with Gasteiger partial charge in [-0.3, -0.25) is 9.59 Å². The van der Waals surface area contributed by atoms with Gasteiger partial charge in [0.25, 0.3) is 5.91 Å². The first-order chi connectivity index (χ1) is 24.7. The van der Waals surface area contributed by atoms with E-state index < -0.39 is 21.2 Å². The molecule has 1 spiro atoms. The van der Waals surface area contributed by atoms with Crippen LogP contribution >= 0.6 is 11.6 Å². The summed E-state index contributed by atoms with van der Waals surface area (Å²) in [6, 6.07) is 11.5. The van der Waals surface area contributed by atoms with Crippen LogP contribution in [0, 0.1) is 11.8 Å². The first-order valence-corrected chi connectivity index (χ1v) is 20.6. The number of benzene rings is 2. The van der Waals surface area contributed by atoms with Gasteiger partial charge in [0.1, 0.15) is 5.75 Å². The molecule has 2 aliphatic carbocycles. The third-order valence-corrected chi connectivity index (χ3v) is 13.9. The van der Waals surface area contributed by atoms with Crippen LogP contribution in [-0.4, -0.2) is 89.1 Å². The Morgan fingerprint density at radius 2 is 1.96 bits per heavy atom. The molecule has 5 atom stereocenters. The summed E-state index contributed by atoms with van der Waals surface area (Å²) in [5.74, 6) is 0.670. The van der Waals surface area contributed by atoms with Gasteiger partial charge in [-0.15, -0.1) is 0 Å². The molecular formula is C39H50ClN3O7S. The Kier molecular flexibility index (Phi) is 11.0. The number of aryl methyl sites for hydroxylation is 1. The minimum Gasteiger partial charge on any atom is -0.490 e. The highest BCUT2D eigenvalue weighted by molar-refractivity contribution is 7.90. The number of halogens is 1. The molecule has 2 amide bonds. The van der Waals surface area contributed by atoms with E-state index in [4.69, 9.17) is 25.8 Å². The largest absolute Gasteiger partial charge is 0.490 e. The Labute approximate surface area is 306 Å². The molecule has 0 unspecified atom stereocenters. The second-order valence-corrected chi connectivity index (χ2v) is 17.3. The van der Waals surface area contributed by atoms with Gasteiger partial charge >= 0.3 is 0 Å². The second-order valence-electron chi connectivity index (χ2n) is 14.9. The summed E-state index contributed by atoms with van der Waals surface area (Å²) >= 11 is 6.46. The first kappa shape index (κ1) is 36.2. The summed E-state index contributed by atoms with van der Waals surface area (Å²) in [7, 11) is -3.93. The maximum atomic E-state index is 13.5. The molecule has 0 radical (unpaired) electrons. The number of carbonyl (C=O) groups excluding carboxylic acids is 2. The number of nitrogens with zero attached hydrogens (tertiary/aromatic N) is 2. The summed E-state index contributed by atoms with van der Waals surface area (Å²) in [6.07, 6.45) is 10.5. The minimum absolute atomic E-state index is 0.0787. The Balaban J connectivity index is 1.21. The van der Waals surface area contributed by atoms with Gasteiger partial charge in [0, 0.05) is 42.2 Å². The van der Waals surface area contributed by atoms with E-state index in [-0.39, 0.29) is 28.9 Å². The Morgan fingerprint density at radius 3 is 2.75 bits per heavy atom. The maximum absolute atomic E-state index is 13.5. The van der Waals surface area contributed by atoms with Gasteiger partial charge in [-0.1, -0.05) is 36.7 Å². The fourth-order valence-corrected chi connectivity index (χ4v) is 10.4. The molecule has 12 heteroatoms. The van der Waals surface area contributed by atoms with Crippen LogP contribution in [0.3, 0.4) is 0 Å². The predicted octanol–water partition coefficient (Wildman–Crippen LogP) is 5.66. The molecule has 5 aliphatic rings. The van der Waals surface area contributed by atoms with E-state index in [1.807, 2.05) is 30.0 Å². The average Bonchev–Trinajstić information content (AvgIpc) is 3.26. The zero-order chi connectivity index (χ0) is 35.6. The number of hydrogen-bond donors (Lipinski definition) is 1. The number of sulfonamides is 1. The molecule has 276 valence electrons. The molecule has 51 heavy (non-hydrogen) atoms. The van der Waals surface area contributed by atoms with E-state index >= 15 is 0 Å². The fraction of sp³-hybridized carbons (Fsp3) is 0.590. The van der Waals surface area contributed by atoms with Crippen molar-refractivity contribution in [2.24, 2.45) is 11.8 Å². The van der Waals surface area contributed by atoms with Crippen molar-refractivity contribution in [1.29, 1.82) is 0 Å². The molecule has 1 N–H and O–H groups in total. The third kappa shape index (κ3) is 7.82. The van der Waals surface area contributed by atoms with E-state index in [2.05, 4.69) is 27.8 Å². The van der Waals surface area contributed by atoms with Crippen LogP contribution in [0.1, 0.15) is 79.8 Å². The Morgan fingerprint density at radius 1 is 1.12 bits per heavy atom. The molecular weight excluding hydrogens is 690 g/mol. The summed E-state index contributed by atoms with van der Waals surface area (Å²) < 4.78 is 47.9. The highest BCUT2D eigenvalue weighted by Crippen LogP contribution is 2.47. The zero-order valence-electron chi connectivity index (χ0n) is 29.5. The van der Waals surface area contributed by atoms with Crippen molar-refractivity contribution in [3.05, 3.63) is 70.3 Å². The molecule has 1 saturated heterocycles. The predicted molar refractivity (Wildman–Crippen MR) is 197 cm³/mol. The Bertz CT molecular complexity index is 1750. The number of rotatable bonds is 5. The van der Waals surface area contributed by atoms with Gasteiger partial charge < -0.3 is 24.0 Å². The number of morpholine rings is 1. The average molecular weight is 740 g/mol. The van der Waals surface area contributed by atoms with E-state index in [1.165, 1.54) is 11.1 Å². The normalized spacial score (nSPS) is 29.8. The van der Waals surface area contributed by atoms with Gasteiger partial charge in [-0.05, 0) is 105 Å². The number of ether oxygens (including phenoxy) is 3. The number of anilines is 1. The summed E-state index contributed by atoms with van der Waals surface area (Å²) in [5, 5.41) is 0.00831. The molecule has 3 aliphatic heterocycles. The van der Waals surface area contributed by atoms with Crippen LogP contribution in [0.4, 0.5) is 5.69 Å². The number of carbonyl (C=O) groups is 2. The van der Waals surface area contributed by atoms with Crippen molar-refractivity contribution in [3.63, 3.8) is 0 Å². The van der Waals surface area contributed by atoms with Crippen LogP contribution in [0.25, 0.3) is 0 Å². The molecule has 2 aromatic rings. The SMILES string of the molecule is CC[C@@H]1CC/C=C/[C@H](OCCC(=O)N2CCOCC2)[C@@H]2CC[C@H]2CN2C[C@@]3(CCCc4cc(Cl)ccc43)COc3ccc(cc32)C(=O)NS1(=O)=O. The quantitative estimate of drug-likeness (QED) is 0.391. The molecule has 1 saturated carbocycles. The topological polar surface area (TPSA) is 114 Å². The third-order valence-electron chi connectivity index (χ3n) is 11.8. The monoisotopic (exact) mass is 739 g/mol. The fourth-order valence-electron chi connectivity index (χ4n) is 8.73. The highest BCUT2D eigenvalue weighted by atomic mass is 35.5. The molecule has 7 rings (SSSR count). The van der Waals surface area contributed by atoms with Gasteiger partial charge in [-0.2, -0.15) is 0 Å². The van der Waals surface area contributed by atoms with Crippen molar-refractivity contribution < 1.29 is 32.2 Å². The Hall–Kier alpha value is -3.12. The standard InChI is InChI=1S/C39H50ClN3O7S/c1-2-31-7-3-4-8-35(49-19-15-37(44)42-17-20-48-21-18-42)32-12-9-29(32)24-43-25-39(16-5-6-27-22-30(40)11-13-33(27)39)26-50-36-14-10-28(23-34(36)43)38(45)41-51(31,46)47/h4,8,10-11,13-14,22-23,29,31-32,35H,2-3,5-7,9,12,15-21,24-26H2,1H3,(H,41,45)/b8-4+/t29-,31+,32+,35-,39-/m0/s1. The van der Waals surface area contributed by atoms with Gasteiger partial charge in [0.05, 0.1) is 49.9 Å². The van der Waals surface area contributed by atoms with E-state index in [0.29, 0.717) is 83.4 Å². The zero-order valence-corrected chi connectivity index (χ0v) is 31.1. The maximum Gasteiger partial charge on any atom is 0.264 e. The molecule has 2 aromatic carbocycles. The van der Waals surface area contributed by atoms with Gasteiger partial charge in [-0.25, -0.2) is 13.1 Å². The van der Waals surface area contributed by atoms with Crippen LogP contribution in [0.2, 0.25) is 5.02 Å². The summed E-state index contributed by atoms with van der Waals surface area (Å²) in [5.41, 5.74) is 3.31. The number of allylic oxidation sites excluding steroid dienone is 1.